The molecule has 0 atom stereocenters. The van der Waals surface area contributed by atoms with Crippen molar-refractivity contribution in [2.24, 2.45) is 0 Å². The topological polar surface area (TPSA) is 102 Å². The third-order valence-corrected chi connectivity index (χ3v) is 4.85. The van der Waals surface area contributed by atoms with Crippen LogP contribution in [0.5, 0.6) is 0 Å². The average molecular weight is 411 g/mol. The number of furan rings is 1. The number of imide groups is 1. The molecular weight excluding hydrogens is 390 g/mol. The summed E-state index contributed by atoms with van der Waals surface area (Å²) >= 11 is 1.38. The van der Waals surface area contributed by atoms with Gasteiger partial charge in [-0.1, -0.05) is 48.2 Å². The van der Waals surface area contributed by atoms with Crippen LogP contribution in [0.2, 0.25) is 0 Å². The van der Waals surface area contributed by atoms with Crippen molar-refractivity contribution in [1.29, 1.82) is 0 Å². The highest BCUT2D eigenvalue weighted by Gasteiger charge is 2.16. The van der Waals surface area contributed by atoms with Crippen LogP contribution >= 0.6 is 11.8 Å². The number of aromatic nitrogens is 3. The lowest BCUT2D eigenvalue weighted by atomic mass is 10.2. The van der Waals surface area contributed by atoms with E-state index < -0.39 is 6.03 Å². The van der Waals surface area contributed by atoms with Gasteiger partial charge in [0, 0.05) is 25.3 Å². The standard InChI is InChI=1S/C20H21N5O3S/c1-2-11-25-18(16-9-6-12-28-16)23-24-20(25)29-13-10-17(26)22-19(27)21-14-15-7-4-3-5-8-15/h2-9,12H,1,10-11,13-14H2,(H2,21,22,26,27). The molecule has 0 bridgehead atoms. The van der Waals surface area contributed by atoms with Crippen molar-refractivity contribution in [2.75, 3.05) is 5.75 Å². The number of carbonyl (C=O) groups is 2. The molecule has 8 nitrogen and oxygen atoms in total. The van der Waals surface area contributed by atoms with Gasteiger partial charge in [-0.3, -0.25) is 14.7 Å². The second-order valence-electron chi connectivity index (χ2n) is 6.00. The summed E-state index contributed by atoms with van der Waals surface area (Å²) in [5.74, 6) is 1.30. The zero-order chi connectivity index (χ0) is 20.5. The maximum absolute atomic E-state index is 12.0. The highest BCUT2D eigenvalue weighted by molar-refractivity contribution is 7.99. The van der Waals surface area contributed by atoms with E-state index in [0.29, 0.717) is 35.6 Å². The van der Waals surface area contributed by atoms with Gasteiger partial charge in [-0.2, -0.15) is 0 Å². The smallest absolute Gasteiger partial charge is 0.321 e. The normalized spacial score (nSPS) is 10.5. The Labute approximate surface area is 172 Å². The van der Waals surface area contributed by atoms with Gasteiger partial charge in [-0.05, 0) is 17.7 Å². The molecule has 0 aliphatic heterocycles. The Kier molecular flexibility index (Phi) is 7.23. The summed E-state index contributed by atoms with van der Waals surface area (Å²) in [5, 5.41) is 14.0. The first kappa shape index (κ1) is 20.4. The number of amides is 3. The van der Waals surface area contributed by atoms with Crippen molar-refractivity contribution >= 4 is 23.7 Å². The van der Waals surface area contributed by atoms with E-state index in [1.807, 2.05) is 34.9 Å². The third kappa shape index (κ3) is 5.82. The maximum Gasteiger partial charge on any atom is 0.321 e. The van der Waals surface area contributed by atoms with Gasteiger partial charge in [0.2, 0.25) is 11.7 Å². The minimum absolute atomic E-state index is 0.167. The van der Waals surface area contributed by atoms with Crippen LogP contribution in [0.25, 0.3) is 11.6 Å². The van der Waals surface area contributed by atoms with E-state index in [1.54, 1.807) is 24.5 Å². The van der Waals surface area contributed by atoms with Crippen LogP contribution in [0.1, 0.15) is 12.0 Å². The molecule has 29 heavy (non-hydrogen) atoms. The molecule has 0 saturated carbocycles. The molecule has 2 N–H and O–H groups in total. The molecule has 0 fully saturated rings. The molecule has 0 aliphatic carbocycles. The Bertz CT molecular complexity index is 954. The summed E-state index contributed by atoms with van der Waals surface area (Å²) in [7, 11) is 0. The van der Waals surface area contributed by atoms with Gasteiger partial charge in [0.25, 0.3) is 0 Å². The molecule has 2 aromatic heterocycles. The number of hydrogen-bond donors (Lipinski definition) is 2. The van der Waals surface area contributed by atoms with E-state index in [4.69, 9.17) is 4.42 Å². The monoisotopic (exact) mass is 411 g/mol. The number of urea groups is 1. The van der Waals surface area contributed by atoms with Gasteiger partial charge in [0.15, 0.2) is 10.9 Å². The van der Waals surface area contributed by atoms with Crippen LogP contribution in [0.3, 0.4) is 0 Å². The van der Waals surface area contributed by atoms with Crippen LogP contribution in [0.4, 0.5) is 4.79 Å². The second-order valence-corrected chi connectivity index (χ2v) is 7.06. The molecule has 1 aromatic carbocycles. The van der Waals surface area contributed by atoms with Gasteiger partial charge in [0.05, 0.1) is 6.26 Å². The largest absolute Gasteiger partial charge is 0.461 e. The van der Waals surface area contributed by atoms with Gasteiger partial charge in [-0.15, -0.1) is 16.8 Å². The van der Waals surface area contributed by atoms with Crippen molar-refractivity contribution < 1.29 is 14.0 Å². The first-order valence-corrected chi connectivity index (χ1v) is 9.98. The van der Waals surface area contributed by atoms with Crippen LogP contribution in [0, 0.1) is 0 Å². The summed E-state index contributed by atoms with van der Waals surface area (Å²) < 4.78 is 7.25. The molecule has 3 aromatic rings. The van der Waals surface area contributed by atoms with Crippen molar-refractivity contribution in [3.05, 3.63) is 66.9 Å². The molecule has 0 aliphatic rings. The Morgan fingerprint density at radius 2 is 2.00 bits per heavy atom. The molecule has 2 heterocycles. The lowest BCUT2D eigenvalue weighted by molar-refractivity contribution is -0.119. The number of rotatable bonds is 9. The van der Waals surface area contributed by atoms with Gasteiger partial charge in [-0.25, -0.2) is 4.79 Å². The molecule has 3 rings (SSSR count). The van der Waals surface area contributed by atoms with Crippen molar-refractivity contribution in [3.8, 4) is 11.6 Å². The highest BCUT2D eigenvalue weighted by atomic mass is 32.2. The van der Waals surface area contributed by atoms with E-state index in [9.17, 15) is 9.59 Å². The summed E-state index contributed by atoms with van der Waals surface area (Å²) in [6.45, 7) is 4.62. The minimum Gasteiger partial charge on any atom is -0.461 e. The SMILES string of the molecule is C=CCn1c(SCCC(=O)NC(=O)NCc2ccccc2)nnc1-c1ccco1. The number of nitrogens with one attached hydrogen (secondary N) is 2. The third-order valence-electron chi connectivity index (χ3n) is 3.88. The van der Waals surface area contributed by atoms with E-state index in [0.717, 1.165) is 5.56 Å². The summed E-state index contributed by atoms with van der Waals surface area (Å²) in [4.78, 5) is 23.8. The number of nitrogens with zero attached hydrogens (tertiary/aromatic N) is 3. The summed E-state index contributed by atoms with van der Waals surface area (Å²) in [6, 6.07) is 12.5. The molecular formula is C20H21N5O3S. The lowest BCUT2D eigenvalue weighted by Crippen LogP contribution is -2.39. The molecule has 150 valence electrons. The molecule has 0 saturated heterocycles. The van der Waals surface area contributed by atoms with Crippen LogP contribution in [0.15, 0.2) is 71.0 Å². The quantitative estimate of drug-likeness (QED) is 0.414. The predicted molar refractivity (Wildman–Crippen MR) is 110 cm³/mol. The number of allylic oxidation sites excluding steroid dienone is 1. The van der Waals surface area contributed by atoms with Crippen LogP contribution < -0.4 is 10.6 Å². The maximum atomic E-state index is 12.0. The highest BCUT2D eigenvalue weighted by Crippen LogP contribution is 2.24. The number of thioether (sulfide) groups is 1. The first-order valence-electron chi connectivity index (χ1n) is 8.99. The minimum atomic E-state index is -0.515. The summed E-state index contributed by atoms with van der Waals surface area (Å²) in [6.07, 6.45) is 3.48. The van der Waals surface area contributed by atoms with Crippen LogP contribution in [-0.4, -0.2) is 32.5 Å². The van der Waals surface area contributed by atoms with E-state index in [2.05, 4.69) is 27.4 Å². The zero-order valence-electron chi connectivity index (χ0n) is 15.7. The molecule has 9 heteroatoms. The van der Waals surface area contributed by atoms with Crippen LogP contribution in [-0.2, 0) is 17.9 Å². The summed E-state index contributed by atoms with van der Waals surface area (Å²) in [5.41, 5.74) is 0.958. The fourth-order valence-corrected chi connectivity index (χ4v) is 3.41. The number of carbonyl (C=O) groups excluding carboxylic acids is 2. The van der Waals surface area contributed by atoms with Crippen molar-refractivity contribution in [3.63, 3.8) is 0 Å². The number of hydrogen-bond acceptors (Lipinski definition) is 6. The Morgan fingerprint density at radius 1 is 1.17 bits per heavy atom. The van der Waals surface area contributed by atoms with Crippen molar-refractivity contribution in [2.45, 2.75) is 24.7 Å². The van der Waals surface area contributed by atoms with E-state index in [-0.39, 0.29) is 12.3 Å². The van der Waals surface area contributed by atoms with E-state index in [1.165, 1.54) is 11.8 Å². The number of benzene rings is 1. The zero-order valence-corrected chi connectivity index (χ0v) is 16.5. The van der Waals surface area contributed by atoms with E-state index >= 15 is 0 Å². The molecule has 0 radical (unpaired) electrons. The molecule has 3 amide bonds. The molecule has 0 unspecified atom stereocenters. The Balaban J connectivity index is 1.46. The second kappa shape index (κ2) is 10.3. The van der Waals surface area contributed by atoms with Gasteiger partial charge >= 0.3 is 6.03 Å². The predicted octanol–water partition coefficient (Wildman–Crippen LogP) is 3.23. The van der Waals surface area contributed by atoms with Gasteiger partial charge < -0.3 is 9.73 Å². The first-order chi connectivity index (χ1) is 14.2. The Morgan fingerprint density at radius 3 is 2.72 bits per heavy atom. The van der Waals surface area contributed by atoms with Crippen molar-refractivity contribution in [1.82, 2.24) is 25.4 Å². The molecule has 0 spiro atoms. The van der Waals surface area contributed by atoms with Gasteiger partial charge in [0.1, 0.15) is 0 Å². The Hall–Kier alpha value is -3.33. The fourth-order valence-electron chi connectivity index (χ4n) is 2.52. The fraction of sp³-hybridized carbons (Fsp3) is 0.200. The lowest BCUT2D eigenvalue weighted by Gasteiger charge is -2.07. The average Bonchev–Trinajstić information content (AvgIpc) is 3.38.